The Morgan fingerprint density at radius 1 is 1.30 bits per heavy atom. The van der Waals surface area contributed by atoms with Crippen LogP contribution in [0, 0.1) is 0 Å². The van der Waals surface area contributed by atoms with Gasteiger partial charge in [-0.1, -0.05) is 0 Å². The molecule has 0 unspecified atom stereocenters. The van der Waals surface area contributed by atoms with Crippen molar-refractivity contribution in [2.45, 2.75) is 13.0 Å². The molecular formula is C11H14N8O. The highest BCUT2D eigenvalue weighted by Crippen LogP contribution is 2.22. The first-order valence-corrected chi connectivity index (χ1v) is 6.04. The van der Waals surface area contributed by atoms with Gasteiger partial charge >= 0.3 is 0 Å². The molecule has 0 bridgehead atoms. The van der Waals surface area contributed by atoms with E-state index in [4.69, 9.17) is 10.5 Å². The SMILES string of the molecule is COc1ncnc2c1nc(N)n2CCc1ncn(C)n1. The van der Waals surface area contributed by atoms with Crippen molar-refractivity contribution in [2.75, 3.05) is 12.8 Å². The quantitative estimate of drug-likeness (QED) is 0.700. The number of rotatable bonds is 4. The Balaban J connectivity index is 1.93. The minimum atomic E-state index is 0.370. The molecule has 0 amide bonds. The molecule has 9 nitrogen and oxygen atoms in total. The van der Waals surface area contributed by atoms with Crippen molar-refractivity contribution in [2.24, 2.45) is 7.05 Å². The molecule has 0 saturated carbocycles. The van der Waals surface area contributed by atoms with Crippen LogP contribution in [0.4, 0.5) is 5.95 Å². The van der Waals surface area contributed by atoms with Gasteiger partial charge in [-0.15, -0.1) is 0 Å². The number of imidazole rings is 1. The van der Waals surface area contributed by atoms with E-state index < -0.39 is 0 Å². The zero-order chi connectivity index (χ0) is 14.1. The molecule has 104 valence electrons. The number of nitrogens with zero attached hydrogens (tertiary/aromatic N) is 7. The zero-order valence-corrected chi connectivity index (χ0v) is 11.2. The number of methoxy groups -OCH3 is 1. The monoisotopic (exact) mass is 274 g/mol. The van der Waals surface area contributed by atoms with Crippen molar-refractivity contribution in [3.63, 3.8) is 0 Å². The highest BCUT2D eigenvalue weighted by molar-refractivity contribution is 5.78. The third kappa shape index (κ3) is 2.02. The molecule has 3 heterocycles. The van der Waals surface area contributed by atoms with Gasteiger partial charge in [0.2, 0.25) is 11.8 Å². The smallest absolute Gasteiger partial charge is 0.245 e. The predicted molar refractivity (Wildman–Crippen MR) is 71.0 cm³/mol. The number of nitrogen functional groups attached to an aromatic ring is 1. The first-order valence-electron chi connectivity index (χ1n) is 6.04. The predicted octanol–water partition coefficient (Wildman–Crippen LogP) is -0.212. The summed E-state index contributed by atoms with van der Waals surface area (Å²) in [5.41, 5.74) is 7.13. The van der Waals surface area contributed by atoms with E-state index >= 15 is 0 Å². The third-order valence-electron chi connectivity index (χ3n) is 2.93. The Morgan fingerprint density at radius 3 is 2.85 bits per heavy atom. The highest BCUT2D eigenvalue weighted by atomic mass is 16.5. The van der Waals surface area contributed by atoms with Gasteiger partial charge in [0.05, 0.1) is 7.11 Å². The van der Waals surface area contributed by atoms with Gasteiger partial charge < -0.3 is 10.5 Å². The summed E-state index contributed by atoms with van der Waals surface area (Å²) in [6.45, 7) is 0.590. The molecule has 0 aliphatic carbocycles. The zero-order valence-electron chi connectivity index (χ0n) is 11.2. The van der Waals surface area contributed by atoms with Gasteiger partial charge in [0, 0.05) is 20.0 Å². The van der Waals surface area contributed by atoms with Crippen molar-refractivity contribution in [3.8, 4) is 5.88 Å². The fraction of sp³-hybridized carbons (Fsp3) is 0.364. The second-order valence-corrected chi connectivity index (χ2v) is 4.26. The molecule has 0 spiro atoms. The molecular weight excluding hydrogens is 260 g/mol. The summed E-state index contributed by atoms with van der Waals surface area (Å²) in [6.07, 6.45) is 3.73. The molecule has 3 aromatic heterocycles. The number of anilines is 1. The lowest BCUT2D eigenvalue weighted by Gasteiger charge is -2.03. The molecule has 3 rings (SSSR count). The summed E-state index contributed by atoms with van der Waals surface area (Å²) in [5, 5.41) is 4.23. The van der Waals surface area contributed by atoms with E-state index in [-0.39, 0.29) is 0 Å². The average molecular weight is 274 g/mol. The Kier molecular flexibility index (Phi) is 2.93. The summed E-state index contributed by atoms with van der Waals surface area (Å²) in [6, 6.07) is 0. The minimum absolute atomic E-state index is 0.370. The molecule has 3 aromatic rings. The second kappa shape index (κ2) is 4.76. The van der Waals surface area contributed by atoms with Crippen LogP contribution in [0.2, 0.25) is 0 Å². The average Bonchev–Trinajstić information content (AvgIpc) is 2.99. The van der Waals surface area contributed by atoms with Gasteiger partial charge in [-0.3, -0.25) is 9.25 Å². The van der Waals surface area contributed by atoms with Crippen molar-refractivity contribution in [1.29, 1.82) is 0 Å². The molecule has 0 atom stereocenters. The molecule has 9 heteroatoms. The van der Waals surface area contributed by atoms with Gasteiger partial charge in [-0.25, -0.2) is 15.0 Å². The lowest BCUT2D eigenvalue weighted by molar-refractivity contribution is 0.401. The maximum atomic E-state index is 5.93. The number of hydrogen-bond acceptors (Lipinski definition) is 7. The van der Waals surface area contributed by atoms with E-state index in [1.807, 2.05) is 7.05 Å². The second-order valence-electron chi connectivity index (χ2n) is 4.26. The van der Waals surface area contributed by atoms with E-state index in [1.54, 1.807) is 15.6 Å². The molecule has 0 aliphatic heterocycles. The van der Waals surface area contributed by atoms with E-state index in [0.717, 1.165) is 5.82 Å². The normalized spacial score (nSPS) is 11.1. The Labute approximate surface area is 114 Å². The van der Waals surface area contributed by atoms with Crippen LogP contribution >= 0.6 is 0 Å². The largest absolute Gasteiger partial charge is 0.479 e. The van der Waals surface area contributed by atoms with Crippen LogP contribution in [0.15, 0.2) is 12.7 Å². The summed E-state index contributed by atoms with van der Waals surface area (Å²) >= 11 is 0. The minimum Gasteiger partial charge on any atom is -0.479 e. The van der Waals surface area contributed by atoms with Crippen LogP contribution in [0.5, 0.6) is 5.88 Å². The van der Waals surface area contributed by atoms with Crippen LogP contribution in [0.3, 0.4) is 0 Å². The van der Waals surface area contributed by atoms with Crippen LogP contribution in [0.1, 0.15) is 5.82 Å². The molecule has 20 heavy (non-hydrogen) atoms. The summed E-state index contributed by atoms with van der Waals surface area (Å²) in [4.78, 5) is 16.6. The van der Waals surface area contributed by atoms with Crippen LogP contribution < -0.4 is 10.5 Å². The molecule has 0 fully saturated rings. The number of fused-ring (bicyclic) bond motifs is 1. The molecule has 0 saturated heterocycles. The lowest BCUT2D eigenvalue weighted by Crippen LogP contribution is -2.07. The van der Waals surface area contributed by atoms with Gasteiger partial charge in [-0.05, 0) is 0 Å². The van der Waals surface area contributed by atoms with Crippen LogP contribution in [-0.4, -0.2) is 41.4 Å². The Morgan fingerprint density at radius 2 is 2.15 bits per heavy atom. The number of hydrogen-bond donors (Lipinski definition) is 1. The molecule has 2 N–H and O–H groups in total. The number of aromatic nitrogens is 7. The van der Waals surface area contributed by atoms with Gasteiger partial charge in [0.25, 0.3) is 0 Å². The van der Waals surface area contributed by atoms with Crippen molar-refractivity contribution in [1.82, 2.24) is 34.3 Å². The lowest BCUT2D eigenvalue weighted by atomic mass is 10.4. The molecule has 0 aliphatic rings. The third-order valence-corrected chi connectivity index (χ3v) is 2.93. The first-order chi connectivity index (χ1) is 9.69. The first kappa shape index (κ1) is 12.3. The fourth-order valence-corrected chi connectivity index (χ4v) is 2.01. The summed E-state index contributed by atoms with van der Waals surface area (Å²) in [5.74, 6) is 1.53. The van der Waals surface area contributed by atoms with Crippen molar-refractivity contribution >= 4 is 17.1 Å². The van der Waals surface area contributed by atoms with Crippen LogP contribution in [-0.2, 0) is 20.0 Å². The molecule has 0 aromatic carbocycles. The Bertz CT molecular complexity index is 746. The number of ether oxygens (including phenoxy) is 1. The van der Waals surface area contributed by atoms with Gasteiger partial charge in [0.15, 0.2) is 17.0 Å². The topological polar surface area (TPSA) is 110 Å². The highest BCUT2D eigenvalue weighted by Gasteiger charge is 2.14. The van der Waals surface area contributed by atoms with E-state index in [9.17, 15) is 0 Å². The van der Waals surface area contributed by atoms with E-state index in [0.29, 0.717) is 36.0 Å². The summed E-state index contributed by atoms with van der Waals surface area (Å²) in [7, 11) is 3.37. The standard InChI is InChI=1S/C11H14N8O/c1-18-6-15-7(17-18)3-4-19-9-8(16-11(19)12)10(20-2)14-5-13-9/h5-6H,3-4H2,1-2H3,(H2,12,16). The Hall–Kier alpha value is -2.71. The number of nitrogens with two attached hydrogens (primary N) is 1. The number of aryl methyl sites for hydroxylation is 3. The van der Waals surface area contributed by atoms with E-state index in [1.165, 1.54) is 13.4 Å². The fourth-order valence-electron chi connectivity index (χ4n) is 2.01. The maximum Gasteiger partial charge on any atom is 0.245 e. The molecule has 0 radical (unpaired) electrons. The van der Waals surface area contributed by atoms with E-state index in [2.05, 4.69) is 25.0 Å². The maximum absolute atomic E-state index is 5.93. The van der Waals surface area contributed by atoms with Gasteiger partial charge in [0.1, 0.15) is 12.7 Å². The van der Waals surface area contributed by atoms with Crippen molar-refractivity contribution < 1.29 is 4.74 Å². The van der Waals surface area contributed by atoms with Crippen LogP contribution in [0.25, 0.3) is 11.2 Å². The van der Waals surface area contributed by atoms with Crippen molar-refractivity contribution in [3.05, 3.63) is 18.5 Å². The van der Waals surface area contributed by atoms with Gasteiger partial charge in [-0.2, -0.15) is 10.1 Å². The summed E-state index contributed by atoms with van der Waals surface area (Å²) < 4.78 is 8.62.